The van der Waals surface area contributed by atoms with Crippen molar-refractivity contribution in [1.82, 2.24) is 14.9 Å². The number of carbonyl (C=O) groups is 1. The Kier molecular flexibility index (Phi) is 3.99. The zero-order chi connectivity index (χ0) is 14.0. The molecule has 2 rings (SSSR count). The molecule has 0 saturated carbocycles. The first-order valence-corrected chi connectivity index (χ1v) is 6.63. The Labute approximate surface area is 115 Å². The fourth-order valence-electron chi connectivity index (χ4n) is 1.99. The number of hydrogen-bond donors (Lipinski definition) is 2. The van der Waals surface area contributed by atoms with Gasteiger partial charge in [0.05, 0.1) is 11.0 Å². The number of nitrogens with zero attached hydrogens (tertiary/aromatic N) is 1. The van der Waals surface area contributed by atoms with E-state index in [4.69, 9.17) is 12.2 Å². The Balaban J connectivity index is 2.43. The van der Waals surface area contributed by atoms with Gasteiger partial charge in [-0.1, -0.05) is 6.92 Å². The predicted molar refractivity (Wildman–Crippen MR) is 75.1 cm³/mol. The van der Waals surface area contributed by atoms with Gasteiger partial charge in [0.25, 0.3) is 0 Å². The lowest BCUT2D eigenvalue weighted by Gasteiger charge is -2.14. The van der Waals surface area contributed by atoms with Crippen LogP contribution < -0.4 is 5.32 Å². The van der Waals surface area contributed by atoms with Gasteiger partial charge in [-0.15, -0.1) is 0 Å². The van der Waals surface area contributed by atoms with E-state index in [0.29, 0.717) is 16.8 Å². The first kappa shape index (κ1) is 13.7. The molecular formula is C13H16FN3OS. The average molecular weight is 281 g/mol. The van der Waals surface area contributed by atoms with Gasteiger partial charge >= 0.3 is 0 Å². The van der Waals surface area contributed by atoms with E-state index >= 15 is 0 Å². The summed E-state index contributed by atoms with van der Waals surface area (Å²) in [6.45, 7) is 4.35. The molecule has 4 nitrogen and oxygen atoms in total. The number of fused-ring (bicyclic) bond motifs is 1. The minimum atomic E-state index is -0.477. The number of imidazole rings is 1. The highest BCUT2D eigenvalue weighted by Crippen LogP contribution is 2.20. The van der Waals surface area contributed by atoms with Crippen LogP contribution in [-0.2, 0) is 4.79 Å². The molecular weight excluding hydrogens is 265 g/mol. The largest absolute Gasteiger partial charge is 0.354 e. The Bertz CT molecular complexity index is 661. The maximum Gasteiger partial charge on any atom is 0.242 e. The number of amides is 1. The average Bonchev–Trinajstić information content (AvgIpc) is 2.70. The van der Waals surface area contributed by atoms with E-state index in [9.17, 15) is 9.18 Å². The van der Waals surface area contributed by atoms with Crippen LogP contribution in [0.2, 0.25) is 0 Å². The van der Waals surface area contributed by atoms with Gasteiger partial charge in [-0.3, -0.25) is 4.79 Å². The molecule has 0 aliphatic carbocycles. The third-order valence-corrected chi connectivity index (χ3v) is 3.29. The van der Waals surface area contributed by atoms with Crippen molar-refractivity contribution in [3.8, 4) is 0 Å². The molecule has 2 aromatic rings. The molecule has 2 N–H and O–H groups in total. The smallest absolute Gasteiger partial charge is 0.242 e. The van der Waals surface area contributed by atoms with Gasteiger partial charge in [-0.2, -0.15) is 0 Å². The molecule has 0 aliphatic heterocycles. The minimum absolute atomic E-state index is 0.122. The van der Waals surface area contributed by atoms with Gasteiger partial charge in [0.2, 0.25) is 5.91 Å². The SMILES string of the molecule is CCCNC(=O)C(C)n1c(=S)[nH]c2ccc(F)cc21. The minimum Gasteiger partial charge on any atom is -0.354 e. The molecule has 0 aliphatic rings. The standard InChI is InChI=1S/C13H16FN3OS/c1-3-6-15-12(18)8(2)17-11-7-9(14)4-5-10(11)16-13(17)19/h4-5,7-8H,3,6H2,1-2H3,(H,15,18)(H,16,19). The Morgan fingerprint density at radius 3 is 3.00 bits per heavy atom. The molecule has 0 saturated heterocycles. The van der Waals surface area contributed by atoms with Crippen LogP contribution in [0.25, 0.3) is 11.0 Å². The van der Waals surface area contributed by atoms with Crippen molar-refractivity contribution < 1.29 is 9.18 Å². The molecule has 0 fully saturated rings. The van der Waals surface area contributed by atoms with Gasteiger partial charge in [-0.05, 0) is 43.8 Å². The molecule has 6 heteroatoms. The fourth-order valence-corrected chi connectivity index (χ4v) is 2.36. The summed E-state index contributed by atoms with van der Waals surface area (Å²) < 4.78 is 15.4. The normalized spacial score (nSPS) is 12.6. The van der Waals surface area contributed by atoms with Gasteiger partial charge in [0.1, 0.15) is 11.9 Å². The number of carbonyl (C=O) groups excluding carboxylic acids is 1. The van der Waals surface area contributed by atoms with Crippen LogP contribution in [0.4, 0.5) is 4.39 Å². The Morgan fingerprint density at radius 1 is 1.58 bits per heavy atom. The molecule has 0 spiro atoms. The van der Waals surface area contributed by atoms with Crippen LogP contribution in [0.5, 0.6) is 0 Å². The van der Waals surface area contributed by atoms with E-state index in [1.807, 2.05) is 6.92 Å². The summed E-state index contributed by atoms with van der Waals surface area (Å²) in [7, 11) is 0. The third kappa shape index (κ3) is 2.68. The van der Waals surface area contributed by atoms with E-state index in [1.54, 1.807) is 17.6 Å². The summed E-state index contributed by atoms with van der Waals surface area (Å²) in [4.78, 5) is 15.0. The zero-order valence-corrected chi connectivity index (χ0v) is 11.7. The van der Waals surface area contributed by atoms with Crippen LogP contribution in [0.3, 0.4) is 0 Å². The van der Waals surface area contributed by atoms with E-state index < -0.39 is 6.04 Å². The van der Waals surface area contributed by atoms with Crippen molar-refractivity contribution in [2.45, 2.75) is 26.3 Å². The molecule has 1 aromatic heterocycles. The second kappa shape index (κ2) is 5.52. The number of nitrogens with one attached hydrogen (secondary N) is 2. The van der Waals surface area contributed by atoms with Crippen LogP contribution in [0.15, 0.2) is 18.2 Å². The maximum atomic E-state index is 13.3. The first-order chi connectivity index (χ1) is 9.04. The van der Waals surface area contributed by atoms with Crippen molar-refractivity contribution >= 4 is 29.2 Å². The summed E-state index contributed by atoms with van der Waals surface area (Å²) in [5.74, 6) is -0.473. The fraction of sp³-hybridized carbons (Fsp3) is 0.385. The summed E-state index contributed by atoms with van der Waals surface area (Å²) in [5.41, 5.74) is 1.32. The number of aromatic amines is 1. The van der Waals surface area contributed by atoms with E-state index in [0.717, 1.165) is 11.9 Å². The highest BCUT2D eigenvalue weighted by molar-refractivity contribution is 7.71. The van der Waals surface area contributed by atoms with Crippen molar-refractivity contribution in [3.63, 3.8) is 0 Å². The number of rotatable bonds is 4. The van der Waals surface area contributed by atoms with Crippen LogP contribution >= 0.6 is 12.2 Å². The van der Waals surface area contributed by atoms with Crippen molar-refractivity contribution in [2.75, 3.05) is 6.54 Å². The van der Waals surface area contributed by atoms with Crippen LogP contribution in [0.1, 0.15) is 26.3 Å². The van der Waals surface area contributed by atoms with E-state index in [-0.39, 0.29) is 11.7 Å². The quantitative estimate of drug-likeness (QED) is 0.847. The number of benzene rings is 1. The second-order valence-corrected chi connectivity index (χ2v) is 4.82. The second-order valence-electron chi connectivity index (χ2n) is 4.43. The van der Waals surface area contributed by atoms with E-state index in [1.165, 1.54) is 12.1 Å². The lowest BCUT2D eigenvalue weighted by Crippen LogP contribution is -2.31. The monoisotopic (exact) mass is 281 g/mol. The van der Waals surface area contributed by atoms with Crippen molar-refractivity contribution in [2.24, 2.45) is 0 Å². The van der Waals surface area contributed by atoms with Crippen molar-refractivity contribution in [1.29, 1.82) is 0 Å². The molecule has 1 atom stereocenters. The lowest BCUT2D eigenvalue weighted by molar-refractivity contribution is -0.123. The summed E-state index contributed by atoms with van der Waals surface area (Å²) in [6, 6.07) is 3.88. The molecule has 0 bridgehead atoms. The number of aromatic nitrogens is 2. The lowest BCUT2D eigenvalue weighted by atomic mass is 10.2. The van der Waals surface area contributed by atoms with Gasteiger partial charge < -0.3 is 14.9 Å². The molecule has 19 heavy (non-hydrogen) atoms. The molecule has 1 aromatic carbocycles. The summed E-state index contributed by atoms with van der Waals surface area (Å²) in [5, 5.41) is 2.81. The third-order valence-electron chi connectivity index (χ3n) is 3.00. The van der Waals surface area contributed by atoms with Gasteiger partial charge in [0, 0.05) is 6.54 Å². The number of H-pyrrole nitrogens is 1. The first-order valence-electron chi connectivity index (χ1n) is 6.22. The highest BCUT2D eigenvalue weighted by Gasteiger charge is 2.18. The summed E-state index contributed by atoms with van der Waals surface area (Å²) in [6.07, 6.45) is 0.867. The van der Waals surface area contributed by atoms with Crippen LogP contribution in [-0.4, -0.2) is 22.0 Å². The molecule has 1 unspecified atom stereocenters. The highest BCUT2D eigenvalue weighted by atomic mass is 32.1. The van der Waals surface area contributed by atoms with Crippen molar-refractivity contribution in [3.05, 3.63) is 28.8 Å². The van der Waals surface area contributed by atoms with Crippen LogP contribution in [0, 0.1) is 10.6 Å². The Morgan fingerprint density at radius 2 is 2.32 bits per heavy atom. The summed E-state index contributed by atoms with van der Waals surface area (Å²) >= 11 is 5.21. The molecule has 102 valence electrons. The van der Waals surface area contributed by atoms with Gasteiger partial charge in [-0.25, -0.2) is 4.39 Å². The van der Waals surface area contributed by atoms with Gasteiger partial charge in [0.15, 0.2) is 4.77 Å². The maximum absolute atomic E-state index is 13.3. The topological polar surface area (TPSA) is 49.8 Å². The predicted octanol–water partition coefficient (Wildman–Crippen LogP) is 2.93. The molecule has 1 heterocycles. The molecule has 0 radical (unpaired) electrons. The molecule has 1 amide bonds. The zero-order valence-electron chi connectivity index (χ0n) is 10.9. The number of hydrogen-bond acceptors (Lipinski definition) is 2. The Hall–Kier alpha value is -1.69. The number of halogens is 1. The van der Waals surface area contributed by atoms with E-state index in [2.05, 4.69) is 10.3 Å².